The molecule has 4 nitrogen and oxygen atoms in total. The van der Waals surface area contributed by atoms with Crippen LogP contribution in [0.4, 0.5) is 0 Å². The number of nitrogens with zero attached hydrogens (tertiary/aromatic N) is 1. The average molecular weight is 297 g/mol. The Morgan fingerprint density at radius 2 is 1.95 bits per heavy atom. The van der Waals surface area contributed by atoms with E-state index in [1.165, 1.54) is 0 Å². The van der Waals surface area contributed by atoms with E-state index in [2.05, 4.69) is 4.98 Å². The van der Waals surface area contributed by atoms with Crippen LogP contribution < -0.4 is 0 Å². The number of rotatable bonds is 5. The minimum Gasteiger partial charge on any atom is -0.270 e. The SMILES string of the molecule is Cc1sc(-c2ccccc2)nc1CCOS(C)(=O)=O. The molecule has 6 heteroatoms. The number of hydrogen-bond donors (Lipinski definition) is 0. The van der Waals surface area contributed by atoms with Crippen molar-refractivity contribution in [3.63, 3.8) is 0 Å². The molecule has 0 amide bonds. The molecule has 102 valence electrons. The second-order valence-corrected chi connectivity index (χ2v) is 7.01. The normalized spacial score (nSPS) is 11.7. The molecule has 0 atom stereocenters. The molecular formula is C13H15NO3S2. The Morgan fingerprint density at radius 1 is 1.26 bits per heavy atom. The highest BCUT2D eigenvalue weighted by Gasteiger charge is 2.10. The van der Waals surface area contributed by atoms with Gasteiger partial charge >= 0.3 is 0 Å². The zero-order chi connectivity index (χ0) is 13.9. The van der Waals surface area contributed by atoms with Crippen molar-refractivity contribution in [2.24, 2.45) is 0 Å². The predicted molar refractivity (Wildman–Crippen MR) is 76.8 cm³/mol. The van der Waals surface area contributed by atoms with Gasteiger partial charge in [-0.25, -0.2) is 4.98 Å². The molecule has 0 saturated carbocycles. The second-order valence-electron chi connectivity index (χ2n) is 4.16. The minimum atomic E-state index is -3.38. The number of aryl methyl sites for hydroxylation is 1. The summed E-state index contributed by atoms with van der Waals surface area (Å²) in [7, 11) is -3.38. The molecule has 0 radical (unpaired) electrons. The summed E-state index contributed by atoms with van der Waals surface area (Å²) in [5, 5.41) is 0.951. The molecule has 0 aliphatic heterocycles. The summed E-state index contributed by atoms with van der Waals surface area (Å²) in [5.74, 6) is 0. The summed E-state index contributed by atoms with van der Waals surface area (Å²) >= 11 is 1.61. The van der Waals surface area contributed by atoms with Gasteiger partial charge in [0.1, 0.15) is 5.01 Å². The fourth-order valence-corrected chi connectivity index (χ4v) is 3.01. The van der Waals surface area contributed by atoms with Crippen LogP contribution >= 0.6 is 11.3 Å². The first-order valence-electron chi connectivity index (χ1n) is 5.82. The maximum absolute atomic E-state index is 10.9. The quantitative estimate of drug-likeness (QED) is 0.796. The predicted octanol–water partition coefficient (Wildman–Crippen LogP) is 2.64. The van der Waals surface area contributed by atoms with Gasteiger partial charge in [-0.05, 0) is 6.92 Å². The first-order chi connectivity index (χ1) is 8.96. The van der Waals surface area contributed by atoms with Crippen molar-refractivity contribution < 1.29 is 12.6 Å². The molecule has 0 aliphatic carbocycles. The lowest BCUT2D eigenvalue weighted by molar-refractivity contribution is 0.324. The summed E-state index contributed by atoms with van der Waals surface area (Å²) in [6, 6.07) is 9.92. The second kappa shape index (κ2) is 5.81. The fourth-order valence-electron chi connectivity index (χ4n) is 1.65. The van der Waals surface area contributed by atoms with E-state index in [-0.39, 0.29) is 6.61 Å². The van der Waals surface area contributed by atoms with E-state index in [1.54, 1.807) is 11.3 Å². The molecule has 2 aromatic rings. The molecule has 0 aliphatic rings. The molecule has 0 bridgehead atoms. The van der Waals surface area contributed by atoms with Gasteiger partial charge in [0.25, 0.3) is 10.1 Å². The zero-order valence-corrected chi connectivity index (χ0v) is 12.4. The van der Waals surface area contributed by atoms with Gasteiger partial charge in [0.2, 0.25) is 0 Å². The van der Waals surface area contributed by atoms with Crippen LogP contribution in [0.15, 0.2) is 30.3 Å². The standard InChI is InChI=1S/C13H15NO3S2/c1-10-12(8-9-17-19(2,15)16)14-13(18-10)11-6-4-3-5-7-11/h3-7H,8-9H2,1-2H3. The van der Waals surface area contributed by atoms with E-state index < -0.39 is 10.1 Å². The lowest BCUT2D eigenvalue weighted by Crippen LogP contribution is -2.06. The van der Waals surface area contributed by atoms with E-state index >= 15 is 0 Å². The van der Waals surface area contributed by atoms with Gasteiger partial charge in [0, 0.05) is 16.9 Å². The van der Waals surface area contributed by atoms with E-state index in [0.717, 1.165) is 27.4 Å². The summed E-state index contributed by atoms with van der Waals surface area (Å²) in [4.78, 5) is 5.64. The zero-order valence-electron chi connectivity index (χ0n) is 10.8. The molecule has 0 saturated heterocycles. The summed E-state index contributed by atoms with van der Waals surface area (Å²) in [5.41, 5.74) is 1.97. The van der Waals surface area contributed by atoms with Crippen LogP contribution in [-0.2, 0) is 20.7 Å². The van der Waals surface area contributed by atoms with Gasteiger partial charge < -0.3 is 0 Å². The molecule has 0 unspecified atom stereocenters. The number of benzene rings is 1. The molecule has 0 spiro atoms. The van der Waals surface area contributed by atoms with Crippen molar-refractivity contribution in [3.8, 4) is 10.6 Å². The minimum absolute atomic E-state index is 0.137. The first kappa shape index (κ1) is 14.2. The highest BCUT2D eigenvalue weighted by Crippen LogP contribution is 2.27. The highest BCUT2D eigenvalue weighted by molar-refractivity contribution is 7.85. The highest BCUT2D eigenvalue weighted by atomic mass is 32.2. The molecule has 1 aromatic heterocycles. The number of aromatic nitrogens is 1. The third-order valence-corrected chi connectivity index (χ3v) is 4.21. The van der Waals surface area contributed by atoms with E-state index in [1.807, 2.05) is 37.3 Å². The van der Waals surface area contributed by atoms with Crippen molar-refractivity contribution in [1.82, 2.24) is 4.98 Å². The van der Waals surface area contributed by atoms with Gasteiger partial charge in [-0.15, -0.1) is 11.3 Å². The maximum atomic E-state index is 10.9. The van der Waals surface area contributed by atoms with Crippen LogP contribution in [0, 0.1) is 6.92 Å². The Labute approximate surface area is 117 Å². The monoisotopic (exact) mass is 297 g/mol. The van der Waals surface area contributed by atoms with Crippen molar-refractivity contribution in [3.05, 3.63) is 40.9 Å². The Kier molecular flexibility index (Phi) is 4.34. The Balaban J connectivity index is 2.09. The van der Waals surface area contributed by atoms with Crippen LogP contribution in [0.25, 0.3) is 10.6 Å². The smallest absolute Gasteiger partial charge is 0.264 e. The Hall–Kier alpha value is -1.24. The van der Waals surface area contributed by atoms with Crippen molar-refractivity contribution in [2.45, 2.75) is 13.3 Å². The number of thiazole rings is 1. The number of hydrogen-bond acceptors (Lipinski definition) is 5. The molecule has 19 heavy (non-hydrogen) atoms. The average Bonchev–Trinajstić information content (AvgIpc) is 2.71. The van der Waals surface area contributed by atoms with Gasteiger partial charge in [-0.1, -0.05) is 30.3 Å². The van der Waals surface area contributed by atoms with Gasteiger partial charge in [-0.3, -0.25) is 4.18 Å². The van der Waals surface area contributed by atoms with E-state index in [4.69, 9.17) is 4.18 Å². The molecule has 0 N–H and O–H groups in total. The molecular weight excluding hydrogens is 282 g/mol. The third kappa shape index (κ3) is 4.12. The molecule has 1 aromatic carbocycles. The maximum Gasteiger partial charge on any atom is 0.264 e. The third-order valence-electron chi connectivity index (χ3n) is 2.55. The Bertz CT molecular complexity index is 648. The van der Waals surface area contributed by atoms with Crippen molar-refractivity contribution in [1.29, 1.82) is 0 Å². The van der Waals surface area contributed by atoms with Crippen LogP contribution in [0.2, 0.25) is 0 Å². The molecule has 0 fully saturated rings. The van der Waals surface area contributed by atoms with E-state index in [9.17, 15) is 8.42 Å². The van der Waals surface area contributed by atoms with Crippen molar-refractivity contribution in [2.75, 3.05) is 12.9 Å². The lowest BCUT2D eigenvalue weighted by atomic mass is 10.2. The van der Waals surface area contributed by atoms with Gasteiger partial charge in [0.15, 0.2) is 0 Å². The van der Waals surface area contributed by atoms with Gasteiger partial charge in [-0.2, -0.15) is 8.42 Å². The van der Waals surface area contributed by atoms with Crippen LogP contribution in [0.1, 0.15) is 10.6 Å². The van der Waals surface area contributed by atoms with Crippen LogP contribution in [-0.4, -0.2) is 26.3 Å². The van der Waals surface area contributed by atoms with E-state index in [0.29, 0.717) is 6.42 Å². The Morgan fingerprint density at radius 3 is 2.58 bits per heavy atom. The topological polar surface area (TPSA) is 56.3 Å². The van der Waals surface area contributed by atoms with Crippen LogP contribution in [0.5, 0.6) is 0 Å². The summed E-state index contributed by atoms with van der Waals surface area (Å²) in [6.07, 6.45) is 1.55. The largest absolute Gasteiger partial charge is 0.270 e. The molecule has 2 rings (SSSR count). The summed E-state index contributed by atoms with van der Waals surface area (Å²) < 4.78 is 26.5. The first-order valence-corrected chi connectivity index (χ1v) is 8.45. The lowest BCUT2D eigenvalue weighted by Gasteiger charge is -1.99. The van der Waals surface area contributed by atoms with Gasteiger partial charge in [0.05, 0.1) is 18.6 Å². The van der Waals surface area contributed by atoms with Crippen LogP contribution in [0.3, 0.4) is 0 Å². The fraction of sp³-hybridized carbons (Fsp3) is 0.308. The molecule has 1 heterocycles. The summed E-state index contributed by atoms with van der Waals surface area (Å²) in [6.45, 7) is 2.12. The van der Waals surface area contributed by atoms with Crippen molar-refractivity contribution >= 4 is 21.5 Å².